The van der Waals surface area contributed by atoms with Crippen LogP contribution in [0.4, 0.5) is 4.79 Å². The highest BCUT2D eigenvalue weighted by atomic mass is 16.6. The van der Waals surface area contributed by atoms with E-state index in [-0.39, 0.29) is 13.2 Å². The summed E-state index contributed by atoms with van der Waals surface area (Å²) >= 11 is 0. The van der Waals surface area contributed by atoms with Gasteiger partial charge in [0.05, 0.1) is 13.7 Å². The quantitative estimate of drug-likeness (QED) is 0.872. The number of ether oxygens (including phenoxy) is 2. The average molecular weight is 251 g/mol. The van der Waals surface area contributed by atoms with Gasteiger partial charge in [0.2, 0.25) is 0 Å². The summed E-state index contributed by atoms with van der Waals surface area (Å²) in [5, 5.41) is 9.28. The summed E-state index contributed by atoms with van der Waals surface area (Å²) < 4.78 is 9.81. The number of rotatable bonds is 4. The summed E-state index contributed by atoms with van der Waals surface area (Å²) in [6.07, 6.45) is -0.606. The van der Waals surface area contributed by atoms with Gasteiger partial charge in [0.1, 0.15) is 12.4 Å². The number of aliphatic carboxylic acids is 1. The molecule has 6 heteroatoms. The van der Waals surface area contributed by atoms with Crippen molar-refractivity contribution in [3.63, 3.8) is 0 Å². The van der Waals surface area contributed by atoms with Gasteiger partial charge >= 0.3 is 12.1 Å². The van der Waals surface area contributed by atoms with Gasteiger partial charge in [0.25, 0.3) is 0 Å². The second-order valence-corrected chi connectivity index (χ2v) is 3.83. The number of hydrogen-bond donors (Lipinski definition) is 1. The Kier molecular flexibility index (Phi) is 3.36. The third-order valence-corrected chi connectivity index (χ3v) is 2.75. The fourth-order valence-corrected chi connectivity index (χ4v) is 1.91. The van der Waals surface area contributed by atoms with Gasteiger partial charge in [-0.1, -0.05) is 12.1 Å². The lowest BCUT2D eigenvalue weighted by Crippen LogP contribution is -2.34. The van der Waals surface area contributed by atoms with Gasteiger partial charge in [-0.25, -0.2) is 9.59 Å². The molecule has 1 aromatic rings. The molecule has 96 valence electrons. The summed E-state index contributed by atoms with van der Waals surface area (Å²) in [4.78, 5) is 24.0. The van der Waals surface area contributed by atoms with Crippen molar-refractivity contribution in [1.29, 1.82) is 0 Å². The van der Waals surface area contributed by atoms with Crippen molar-refractivity contribution in [2.75, 3.05) is 20.3 Å². The number of methoxy groups -OCH3 is 1. The molecule has 0 bridgehead atoms. The van der Waals surface area contributed by atoms with E-state index in [0.29, 0.717) is 11.3 Å². The SMILES string of the molecule is COc1cccc([C@@H](C(=O)O)N2CCOC2=O)c1. The molecule has 1 aromatic carbocycles. The molecule has 0 spiro atoms. The maximum atomic E-state index is 11.5. The first-order valence-corrected chi connectivity index (χ1v) is 5.43. The largest absolute Gasteiger partial charge is 0.497 e. The molecule has 1 N–H and O–H groups in total. The predicted octanol–water partition coefficient (Wildman–Crippen LogP) is 1.27. The van der Waals surface area contributed by atoms with Crippen molar-refractivity contribution in [2.45, 2.75) is 6.04 Å². The smallest absolute Gasteiger partial charge is 0.410 e. The summed E-state index contributed by atoms with van der Waals surface area (Å²) in [7, 11) is 1.50. The van der Waals surface area contributed by atoms with Crippen LogP contribution in [0.25, 0.3) is 0 Å². The number of carbonyl (C=O) groups excluding carboxylic acids is 1. The van der Waals surface area contributed by atoms with E-state index in [1.54, 1.807) is 24.3 Å². The maximum absolute atomic E-state index is 11.5. The molecule has 1 amide bonds. The van der Waals surface area contributed by atoms with Gasteiger partial charge in [-0.3, -0.25) is 4.90 Å². The van der Waals surface area contributed by atoms with Crippen molar-refractivity contribution in [3.8, 4) is 5.75 Å². The zero-order valence-corrected chi connectivity index (χ0v) is 9.83. The molecule has 1 aliphatic rings. The van der Waals surface area contributed by atoms with Crippen LogP contribution in [-0.4, -0.2) is 42.3 Å². The molecule has 0 aromatic heterocycles. The lowest BCUT2D eigenvalue weighted by atomic mass is 10.1. The predicted molar refractivity (Wildman–Crippen MR) is 61.4 cm³/mol. The van der Waals surface area contributed by atoms with Gasteiger partial charge in [-0.2, -0.15) is 0 Å². The number of carboxylic acid groups (broad SMARTS) is 1. The molecule has 0 saturated carbocycles. The third kappa shape index (κ3) is 2.22. The number of cyclic esters (lactones) is 1. The second kappa shape index (κ2) is 4.95. The third-order valence-electron chi connectivity index (χ3n) is 2.75. The summed E-state index contributed by atoms with van der Waals surface area (Å²) in [6.45, 7) is 0.486. The highest BCUT2D eigenvalue weighted by Crippen LogP contribution is 2.26. The number of carboxylic acids is 1. The average Bonchev–Trinajstić information content (AvgIpc) is 2.76. The highest BCUT2D eigenvalue weighted by Gasteiger charge is 2.35. The van der Waals surface area contributed by atoms with Crippen molar-refractivity contribution in [2.24, 2.45) is 0 Å². The van der Waals surface area contributed by atoms with Gasteiger partial charge < -0.3 is 14.6 Å². The van der Waals surface area contributed by atoms with Crippen LogP contribution in [0.2, 0.25) is 0 Å². The van der Waals surface area contributed by atoms with Crippen LogP contribution in [0, 0.1) is 0 Å². The van der Waals surface area contributed by atoms with E-state index in [4.69, 9.17) is 9.47 Å². The number of hydrogen-bond acceptors (Lipinski definition) is 4. The van der Waals surface area contributed by atoms with Gasteiger partial charge in [0.15, 0.2) is 6.04 Å². The van der Waals surface area contributed by atoms with Crippen LogP contribution in [0.3, 0.4) is 0 Å². The van der Waals surface area contributed by atoms with Crippen LogP contribution >= 0.6 is 0 Å². The summed E-state index contributed by atoms with van der Waals surface area (Å²) in [5.41, 5.74) is 0.487. The molecule has 18 heavy (non-hydrogen) atoms. The lowest BCUT2D eigenvalue weighted by molar-refractivity contribution is -0.142. The zero-order chi connectivity index (χ0) is 13.1. The van der Waals surface area contributed by atoms with Crippen LogP contribution in [0.5, 0.6) is 5.75 Å². The molecule has 2 rings (SSSR count). The minimum atomic E-state index is -1.10. The molecule has 1 heterocycles. The highest BCUT2D eigenvalue weighted by molar-refractivity contribution is 5.82. The van der Waals surface area contributed by atoms with E-state index in [1.165, 1.54) is 12.0 Å². The van der Waals surface area contributed by atoms with E-state index >= 15 is 0 Å². The van der Waals surface area contributed by atoms with Crippen molar-refractivity contribution in [1.82, 2.24) is 4.90 Å². The summed E-state index contributed by atoms with van der Waals surface area (Å²) in [6, 6.07) is 5.60. The Bertz CT molecular complexity index is 473. The molecule has 0 unspecified atom stereocenters. The molecular formula is C12H13NO5. The zero-order valence-electron chi connectivity index (χ0n) is 9.83. The van der Waals surface area contributed by atoms with Crippen LogP contribution < -0.4 is 4.74 Å². The van der Waals surface area contributed by atoms with Gasteiger partial charge in [-0.15, -0.1) is 0 Å². The molecule has 1 aliphatic heterocycles. The number of carbonyl (C=O) groups is 2. The van der Waals surface area contributed by atoms with Crippen molar-refractivity contribution in [3.05, 3.63) is 29.8 Å². The topological polar surface area (TPSA) is 76.1 Å². The molecule has 0 aliphatic carbocycles. The summed E-state index contributed by atoms with van der Waals surface area (Å²) in [5.74, 6) is -0.548. The van der Waals surface area contributed by atoms with Gasteiger partial charge in [-0.05, 0) is 17.7 Å². The Labute approximate surface area is 104 Å². The molecule has 1 fully saturated rings. The van der Waals surface area contributed by atoms with Crippen LogP contribution in [-0.2, 0) is 9.53 Å². The first kappa shape index (κ1) is 12.2. The molecule has 0 radical (unpaired) electrons. The van der Waals surface area contributed by atoms with Crippen molar-refractivity contribution < 1.29 is 24.2 Å². The standard InChI is InChI=1S/C12H13NO5/c1-17-9-4-2-3-8(7-9)10(11(14)15)13-5-6-18-12(13)16/h2-4,7,10H,5-6H2,1H3,(H,14,15)/t10-/m0/s1. The minimum absolute atomic E-state index is 0.215. The van der Waals surface area contributed by atoms with E-state index in [1.807, 2.05) is 0 Å². The Balaban J connectivity index is 2.34. The Morgan fingerprint density at radius 2 is 2.33 bits per heavy atom. The Morgan fingerprint density at radius 1 is 1.56 bits per heavy atom. The van der Waals surface area contributed by atoms with Crippen LogP contribution in [0.1, 0.15) is 11.6 Å². The van der Waals surface area contributed by atoms with Gasteiger partial charge in [0, 0.05) is 0 Å². The van der Waals surface area contributed by atoms with E-state index in [9.17, 15) is 14.7 Å². The van der Waals surface area contributed by atoms with E-state index in [0.717, 1.165) is 0 Å². The molecule has 1 saturated heterocycles. The first-order valence-electron chi connectivity index (χ1n) is 5.43. The van der Waals surface area contributed by atoms with E-state index < -0.39 is 18.1 Å². The lowest BCUT2D eigenvalue weighted by Gasteiger charge is -2.22. The normalized spacial score (nSPS) is 16.3. The Morgan fingerprint density at radius 3 is 2.89 bits per heavy atom. The molecule has 6 nitrogen and oxygen atoms in total. The number of nitrogens with zero attached hydrogens (tertiary/aromatic N) is 1. The minimum Gasteiger partial charge on any atom is -0.497 e. The maximum Gasteiger partial charge on any atom is 0.410 e. The number of amides is 1. The second-order valence-electron chi connectivity index (χ2n) is 3.83. The molecular weight excluding hydrogens is 238 g/mol. The van der Waals surface area contributed by atoms with Crippen molar-refractivity contribution >= 4 is 12.1 Å². The fraction of sp³-hybridized carbons (Fsp3) is 0.333. The van der Waals surface area contributed by atoms with Crippen LogP contribution in [0.15, 0.2) is 24.3 Å². The fourth-order valence-electron chi connectivity index (χ4n) is 1.91. The Hall–Kier alpha value is -2.24. The number of benzene rings is 1. The van der Waals surface area contributed by atoms with E-state index in [2.05, 4.69) is 0 Å². The first-order chi connectivity index (χ1) is 8.63. The monoisotopic (exact) mass is 251 g/mol. The molecule has 1 atom stereocenters.